The molecule has 0 saturated carbocycles. The van der Waals surface area contributed by atoms with Crippen molar-refractivity contribution in [2.75, 3.05) is 13.1 Å². The summed E-state index contributed by atoms with van der Waals surface area (Å²) in [6.07, 6.45) is -0.260. The largest absolute Gasteiger partial charge is 0.473 e. The smallest absolute Gasteiger partial charge is 0.410 e. The molecule has 0 aliphatic carbocycles. The number of carbonyl (C=O) groups excluding carboxylic acids is 2. The van der Waals surface area contributed by atoms with E-state index in [1.807, 2.05) is 66.7 Å². The molecule has 3 heterocycles. The second-order valence-corrected chi connectivity index (χ2v) is 12.6. The minimum atomic E-state index is -0.691. The first-order valence-corrected chi connectivity index (χ1v) is 15.6. The van der Waals surface area contributed by atoms with E-state index in [-0.39, 0.29) is 37.5 Å². The van der Waals surface area contributed by atoms with Crippen molar-refractivity contribution in [3.63, 3.8) is 0 Å². The zero-order valence-corrected chi connectivity index (χ0v) is 26.9. The molecule has 47 heavy (non-hydrogen) atoms. The Bertz CT molecular complexity index is 1900. The Labute approximate surface area is 272 Å². The zero-order valence-electron chi connectivity index (χ0n) is 26.9. The summed E-state index contributed by atoms with van der Waals surface area (Å²) in [5, 5.41) is 5.30. The highest BCUT2D eigenvalue weighted by atomic mass is 19.1. The number of fused-ring (bicyclic) bond motifs is 1. The lowest BCUT2D eigenvalue weighted by molar-refractivity contribution is -0.124. The van der Waals surface area contributed by atoms with Gasteiger partial charge in [-0.2, -0.15) is 10.1 Å². The number of ether oxygens (including phenoxy) is 3. The van der Waals surface area contributed by atoms with Crippen LogP contribution in [0, 0.1) is 5.82 Å². The molecular weight excluding hydrogens is 599 g/mol. The maximum absolute atomic E-state index is 15.9. The van der Waals surface area contributed by atoms with Gasteiger partial charge in [0.15, 0.2) is 5.78 Å². The van der Waals surface area contributed by atoms with Gasteiger partial charge in [0.25, 0.3) is 0 Å². The number of nitrogens with zero attached hydrogens (tertiary/aromatic N) is 4. The van der Waals surface area contributed by atoms with Crippen molar-refractivity contribution in [2.45, 2.75) is 51.9 Å². The number of aryl methyl sites for hydroxylation is 1. The molecule has 1 aliphatic heterocycles. The third-order valence-electron chi connectivity index (χ3n) is 7.96. The average molecular weight is 637 g/mol. The number of carbonyl (C=O) groups is 2. The highest BCUT2D eigenvalue weighted by Gasteiger charge is 2.35. The van der Waals surface area contributed by atoms with Gasteiger partial charge < -0.3 is 19.1 Å². The van der Waals surface area contributed by atoms with Crippen LogP contribution in [-0.2, 0) is 29.8 Å². The maximum atomic E-state index is 15.9. The first kappa shape index (κ1) is 31.7. The Morgan fingerprint density at radius 2 is 1.60 bits per heavy atom. The maximum Gasteiger partial charge on any atom is 0.410 e. The Morgan fingerprint density at radius 1 is 0.936 bits per heavy atom. The van der Waals surface area contributed by atoms with Crippen molar-refractivity contribution >= 4 is 22.8 Å². The second kappa shape index (κ2) is 13.2. The highest BCUT2D eigenvalue weighted by Crippen LogP contribution is 2.38. The van der Waals surface area contributed by atoms with Crippen LogP contribution >= 0.6 is 0 Å². The molecule has 1 saturated heterocycles. The molecule has 1 unspecified atom stereocenters. The monoisotopic (exact) mass is 636 g/mol. The van der Waals surface area contributed by atoms with E-state index in [0.29, 0.717) is 40.5 Å². The van der Waals surface area contributed by atoms with Crippen molar-refractivity contribution < 1.29 is 28.2 Å². The number of rotatable bonds is 8. The molecule has 242 valence electrons. The molecule has 0 bridgehead atoms. The van der Waals surface area contributed by atoms with E-state index in [1.54, 1.807) is 44.6 Å². The lowest BCUT2D eigenvalue weighted by Crippen LogP contribution is -2.45. The van der Waals surface area contributed by atoms with Gasteiger partial charge >= 0.3 is 6.09 Å². The van der Waals surface area contributed by atoms with Crippen LogP contribution in [0.5, 0.6) is 11.8 Å². The van der Waals surface area contributed by atoms with Gasteiger partial charge in [-0.05, 0) is 56.5 Å². The van der Waals surface area contributed by atoms with E-state index < -0.39 is 23.4 Å². The third-order valence-corrected chi connectivity index (χ3v) is 7.96. The fourth-order valence-corrected chi connectivity index (χ4v) is 5.65. The van der Waals surface area contributed by atoms with E-state index in [2.05, 4.69) is 4.98 Å². The van der Waals surface area contributed by atoms with Gasteiger partial charge in [0, 0.05) is 36.5 Å². The first-order chi connectivity index (χ1) is 22.6. The minimum absolute atomic E-state index is 0.139. The Kier molecular flexibility index (Phi) is 8.93. The molecule has 2 aromatic heterocycles. The van der Waals surface area contributed by atoms with Gasteiger partial charge in [-0.1, -0.05) is 60.7 Å². The summed E-state index contributed by atoms with van der Waals surface area (Å²) < 4.78 is 35.2. The molecule has 10 heteroatoms. The average Bonchev–Trinajstić information content (AvgIpc) is 3.37. The zero-order chi connectivity index (χ0) is 33.1. The number of Topliss-reactive ketones (excluding diaryl/α,β-unsaturated/α-hetero) is 1. The van der Waals surface area contributed by atoms with Crippen LogP contribution in [0.4, 0.5) is 9.18 Å². The van der Waals surface area contributed by atoms with E-state index >= 15 is 4.39 Å². The number of likely N-dealkylation sites (tertiary alicyclic amines) is 1. The van der Waals surface area contributed by atoms with Crippen LogP contribution < -0.4 is 9.47 Å². The molecule has 1 aliphatic rings. The lowest BCUT2D eigenvalue weighted by Gasteiger charge is -2.32. The van der Waals surface area contributed by atoms with Gasteiger partial charge in [-0.15, -0.1) is 0 Å². The number of ketones is 1. The number of hydrogen-bond acceptors (Lipinski definition) is 7. The van der Waals surface area contributed by atoms with Gasteiger partial charge in [0.05, 0.1) is 17.6 Å². The predicted octanol–water partition coefficient (Wildman–Crippen LogP) is 7.23. The number of pyridine rings is 1. The summed E-state index contributed by atoms with van der Waals surface area (Å²) in [6.45, 7) is 6.06. The molecule has 1 amide bonds. The molecule has 3 aromatic carbocycles. The standard InChI is InChI=1S/C37H37FN4O5/c1-37(2,3)47-36(44)42-18-17-26(32(43)21-42)28-20-31-29(19-30(28)38)34(40-41(31)4)27-15-16-33(45-22-24-11-7-5-8-12-24)39-35(27)46-23-25-13-9-6-10-14-25/h5-16,19-20,26H,17-18,21-23H2,1-4H3. The van der Waals surface area contributed by atoms with E-state index in [1.165, 1.54) is 11.0 Å². The summed E-state index contributed by atoms with van der Waals surface area (Å²) in [5.41, 5.74) is 3.28. The highest BCUT2D eigenvalue weighted by molar-refractivity contribution is 5.97. The molecule has 1 fully saturated rings. The predicted molar refractivity (Wildman–Crippen MR) is 176 cm³/mol. The molecular formula is C37H37FN4O5. The quantitative estimate of drug-likeness (QED) is 0.177. The van der Waals surface area contributed by atoms with Crippen LogP contribution in [-0.4, -0.2) is 50.2 Å². The summed E-state index contributed by atoms with van der Waals surface area (Å²) in [4.78, 5) is 31.8. The number of halogens is 1. The summed E-state index contributed by atoms with van der Waals surface area (Å²) >= 11 is 0. The van der Waals surface area contributed by atoms with Crippen molar-refractivity contribution in [2.24, 2.45) is 7.05 Å². The number of aromatic nitrogens is 3. The summed E-state index contributed by atoms with van der Waals surface area (Å²) in [5.74, 6) is -0.767. The van der Waals surface area contributed by atoms with Gasteiger partial charge in [0.1, 0.15) is 30.3 Å². The van der Waals surface area contributed by atoms with Gasteiger partial charge in [0.2, 0.25) is 11.8 Å². The molecule has 5 aromatic rings. The molecule has 0 spiro atoms. The van der Waals surface area contributed by atoms with Crippen LogP contribution in [0.3, 0.4) is 0 Å². The first-order valence-electron chi connectivity index (χ1n) is 15.6. The topological polar surface area (TPSA) is 95.8 Å². The second-order valence-electron chi connectivity index (χ2n) is 12.6. The van der Waals surface area contributed by atoms with Gasteiger partial charge in [-0.3, -0.25) is 9.48 Å². The van der Waals surface area contributed by atoms with Crippen LogP contribution in [0.2, 0.25) is 0 Å². The van der Waals surface area contributed by atoms with Crippen LogP contribution in [0.1, 0.15) is 49.8 Å². The van der Waals surface area contributed by atoms with E-state index in [0.717, 1.165) is 11.1 Å². The van der Waals surface area contributed by atoms with Crippen LogP contribution in [0.15, 0.2) is 84.9 Å². The SMILES string of the molecule is Cn1nc(-c2ccc(OCc3ccccc3)nc2OCc2ccccc2)c2cc(F)c(C3CCN(C(=O)OC(C)(C)C)CC3=O)cc21. The lowest BCUT2D eigenvalue weighted by atomic mass is 9.87. The fourth-order valence-electron chi connectivity index (χ4n) is 5.65. The Hall–Kier alpha value is -5.25. The van der Waals surface area contributed by atoms with Crippen LogP contribution in [0.25, 0.3) is 22.2 Å². The molecule has 0 N–H and O–H groups in total. The molecule has 1 atom stereocenters. The minimum Gasteiger partial charge on any atom is -0.473 e. The Balaban J connectivity index is 1.30. The van der Waals surface area contributed by atoms with Crippen molar-refractivity contribution in [3.05, 3.63) is 107 Å². The number of piperidine rings is 1. The summed E-state index contributed by atoms with van der Waals surface area (Å²) in [7, 11) is 1.77. The fraction of sp³-hybridized carbons (Fsp3) is 0.297. The number of amides is 1. The normalized spacial score (nSPS) is 15.1. The Morgan fingerprint density at radius 3 is 2.23 bits per heavy atom. The van der Waals surface area contributed by atoms with E-state index in [4.69, 9.17) is 19.3 Å². The van der Waals surface area contributed by atoms with Crippen molar-refractivity contribution in [3.8, 4) is 23.0 Å². The third kappa shape index (κ3) is 7.27. The van der Waals surface area contributed by atoms with Gasteiger partial charge in [-0.25, -0.2) is 9.18 Å². The number of hydrogen-bond donors (Lipinski definition) is 0. The van der Waals surface area contributed by atoms with Crippen molar-refractivity contribution in [1.82, 2.24) is 19.7 Å². The van der Waals surface area contributed by atoms with Crippen molar-refractivity contribution in [1.29, 1.82) is 0 Å². The molecule has 9 nitrogen and oxygen atoms in total. The van der Waals surface area contributed by atoms with E-state index in [9.17, 15) is 9.59 Å². The summed E-state index contributed by atoms with van der Waals surface area (Å²) in [6, 6.07) is 26.2. The molecule has 6 rings (SSSR count). The number of benzene rings is 3. The molecule has 0 radical (unpaired) electrons.